The third-order valence-electron chi connectivity index (χ3n) is 6.97. The van der Waals surface area contributed by atoms with E-state index in [2.05, 4.69) is 43.7 Å². The van der Waals surface area contributed by atoms with Gasteiger partial charge in [-0.15, -0.1) is 0 Å². The minimum Gasteiger partial charge on any atom is -0.383 e. The summed E-state index contributed by atoms with van der Waals surface area (Å²) in [5.74, 6) is 1.12. The number of ether oxygens (including phenoxy) is 1. The smallest absolute Gasteiger partial charge is 0.261 e. The zero-order chi connectivity index (χ0) is 22.9. The maximum Gasteiger partial charge on any atom is 0.261 e. The number of hydrogen-bond acceptors (Lipinski definition) is 6. The molecule has 4 heterocycles. The lowest BCUT2D eigenvalue weighted by Crippen LogP contribution is -2.36. The van der Waals surface area contributed by atoms with Gasteiger partial charge in [0, 0.05) is 30.7 Å². The number of para-hydroxylation sites is 1. The van der Waals surface area contributed by atoms with Gasteiger partial charge < -0.3 is 30.2 Å². The first kappa shape index (κ1) is 21.2. The predicted octanol–water partition coefficient (Wildman–Crippen LogP) is 3.32. The van der Waals surface area contributed by atoms with Gasteiger partial charge >= 0.3 is 0 Å². The molecule has 8 nitrogen and oxygen atoms in total. The van der Waals surface area contributed by atoms with Gasteiger partial charge in [-0.2, -0.15) is 0 Å². The average Bonchev–Trinajstić information content (AvgIpc) is 3.31. The van der Waals surface area contributed by atoms with Gasteiger partial charge in [0.2, 0.25) is 0 Å². The number of morpholine rings is 1. The Bertz CT molecular complexity index is 1360. The van der Waals surface area contributed by atoms with Gasteiger partial charge in [-0.25, -0.2) is 4.98 Å². The molecule has 0 spiro atoms. The van der Waals surface area contributed by atoms with E-state index in [1.807, 2.05) is 24.3 Å². The highest BCUT2D eigenvalue weighted by Crippen LogP contribution is 2.32. The lowest BCUT2D eigenvalue weighted by molar-refractivity contribution is 0.122. The van der Waals surface area contributed by atoms with E-state index >= 15 is 0 Å². The zero-order valence-corrected chi connectivity index (χ0v) is 19.2. The number of imidazole rings is 1. The Morgan fingerprint density at radius 3 is 2.82 bits per heavy atom. The summed E-state index contributed by atoms with van der Waals surface area (Å²) in [6.45, 7) is 6.13. The van der Waals surface area contributed by atoms with E-state index in [0.717, 1.165) is 79.2 Å². The fraction of sp³-hybridized carbons (Fsp3) is 0.385. The largest absolute Gasteiger partial charge is 0.383 e. The van der Waals surface area contributed by atoms with Crippen LogP contribution in [0.5, 0.6) is 0 Å². The molecule has 2 aromatic heterocycles. The van der Waals surface area contributed by atoms with Crippen molar-refractivity contribution in [2.75, 3.05) is 56.2 Å². The van der Waals surface area contributed by atoms with E-state index in [9.17, 15) is 4.79 Å². The first-order valence-electron chi connectivity index (χ1n) is 12.2. The fourth-order valence-electron chi connectivity index (χ4n) is 5.13. The SMILES string of the molecule is O=c1[nH]c2ccccc2c(NCC2CCCNC2)c1-c1nc2ccc(N3CCOCC3)cc2[nH]1. The van der Waals surface area contributed by atoms with Gasteiger partial charge in [0.25, 0.3) is 5.56 Å². The number of rotatable bonds is 5. The zero-order valence-electron chi connectivity index (χ0n) is 19.2. The quantitative estimate of drug-likeness (QED) is 0.366. The number of aromatic nitrogens is 3. The van der Waals surface area contributed by atoms with Crippen LogP contribution in [0, 0.1) is 5.92 Å². The summed E-state index contributed by atoms with van der Waals surface area (Å²) >= 11 is 0. The van der Waals surface area contributed by atoms with Gasteiger partial charge in [-0.3, -0.25) is 4.79 Å². The molecule has 2 saturated heterocycles. The number of piperidine rings is 1. The minimum absolute atomic E-state index is 0.143. The Hall–Kier alpha value is -3.36. The summed E-state index contributed by atoms with van der Waals surface area (Å²) < 4.78 is 5.49. The second-order valence-electron chi connectivity index (χ2n) is 9.23. The molecule has 8 heteroatoms. The molecule has 2 aliphatic rings. The molecule has 4 N–H and O–H groups in total. The average molecular weight is 459 g/mol. The maximum absolute atomic E-state index is 13.3. The minimum atomic E-state index is -0.143. The predicted molar refractivity (Wildman–Crippen MR) is 137 cm³/mol. The van der Waals surface area contributed by atoms with E-state index in [4.69, 9.17) is 9.72 Å². The van der Waals surface area contributed by atoms with Crippen molar-refractivity contribution in [3.8, 4) is 11.4 Å². The van der Waals surface area contributed by atoms with Gasteiger partial charge in [-0.05, 0) is 56.1 Å². The van der Waals surface area contributed by atoms with Gasteiger partial charge in [-0.1, -0.05) is 18.2 Å². The molecule has 6 rings (SSSR count). The molecule has 1 atom stereocenters. The summed E-state index contributed by atoms with van der Waals surface area (Å²) in [5.41, 5.74) is 5.00. The third-order valence-corrected chi connectivity index (χ3v) is 6.97. The molecule has 176 valence electrons. The normalized spacial score (nSPS) is 19.1. The van der Waals surface area contributed by atoms with Crippen LogP contribution in [0.2, 0.25) is 0 Å². The number of pyridine rings is 1. The van der Waals surface area contributed by atoms with Crippen molar-refractivity contribution in [2.24, 2.45) is 5.92 Å². The number of hydrogen-bond donors (Lipinski definition) is 4. The molecular weight excluding hydrogens is 428 g/mol. The lowest BCUT2D eigenvalue weighted by Gasteiger charge is -2.28. The van der Waals surface area contributed by atoms with Crippen LogP contribution in [0.3, 0.4) is 0 Å². The molecule has 2 fully saturated rings. The molecule has 0 amide bonds. The van der Waals surface area contributed by atoms with Crippen LogP contribution in [0.25, 0.3) is 33.3 Å². The molecule has 2 aliphatic heterocycles. The number of aromatic amines is 2. The van der Waals surface area contributed by atoms with Crippen LogP contribution in [0.15, 0.2) is 47.3 Å². The van der Waals surface area contributed by atoms with Crippen LogP contribution in [0.4, 0.5) is 11.4 Å². The van der Waals surface area contributed by atoms with E-state index in [-0.39, 0.29) is 5.56 Å². The Morgan fingerprint density at radius 2 is 1.97 bits per heavy atom. The first-order chi connectivity index (χ1) is 16.8. The molecule has 1 unspecified atom stereocenters. The van der Waals surface area contributed by atoms with Crippen LogP contribution in [-0.4, -0.2) is 60.9 Å². The highest BCUT2D eigenvalue weighted by Gasteiger charge is 2.20. The number of anilines is 2. The topological polar surface area (TPSA) is 98.1 Å². The van der Waals surface area contributed by atoms with E-state index in [1.165, 1.54) is 12.8 Å². The van der Waals surface area contributed by atoms with Crippen LogP contribution in [-0.2, 0) is 4.74 Å². The molecule has 2 aromatic carbocycles. The lowest BCUT2D eigenvalue weighted by atomic mass is 9.99. The van der Waals surface area contributed by atoms with Crippen molar-refractivity contribution < 1.29 is 4.74 Å². The van der Waals surface area contributed by atoms with E-state index in [1.54, 1.807) is 0 Å². The first-order valence-corrected chi connectivity index (χ1v) is 12.2. The summed E-state index contributed by atoms with van der Waals surface area (Å²) in [4.78, 5) is 26.9. The number of nitrogens with zero attached hydrogens (tertiary/aromatic N) is 2. The van der Waals surface area contributed by atoms with Crippen molar-refractivity contribution in [3.05, 3.63) is 52.8 Å². The Morgan fingerprint density at radius 1 is 1.09 bits per heavy atom. The summed E-state index contributed by atoms with van der Waals surface area (Å²) in [5, 5.41) is 8.10. The summed E-state index contributed by atoms with van der Waals surface area (Å²) in [7, 11) is 0. The maximum atomic E-state index is 13.3. The second kappa shape index (κ2) is 9.12. The Balaban J connectivity index is 1.41. The highest BCUT2D eigenvalue weighted by molar-refractivity contribution is 5.99. The van der Waals surface area contributed by atoms with Crippen molar-refractivity contribution >= 4 is 33.3 Å². The van der Waals surface area contributed by atoms with Crippen molar-refractivity contribution in [1.82, 2.24) is 20.3 Å². The van der Waals surface area contributed by atoms with Crippen molar-refractivity contribution in [2.45, 2.75) is 12.8 Å². The van der Waals surface area contributed by atoms with Gasteiger partial charge in [0.15, 0.2) is 0 Å². The molecule has 0 saturated carbocycles. The Kier molecular flexibility index (Phi) is 5.68. The highest BCUT2D eigenvalue weighted by atomic mass is 16.5. The van der Waals surface area contributed by atoms with Crippen LogP contribution in [0.1, 0.15) is 12.8 Å². The Labute approximate surface area is 197 Å². The molecule has 0 bridgehead atoms. The van der Waals surface area contributed by atoms with Crippen LogP contribution >= 0.6 is 0 Å². The molecule has 0 radical (unpaired) electrons. The summed E-state index contributed by atoms with van der Waals surface area (Å²) in [6, 6.07) is 14.2. The third kappa shape index (κ3) is 4.03. The number of fused-ring (bicyclic) bond motifs is 2. The molecule has 34 heavy (non-hydrogen) atoms. The monoisotopic (exact) mass is 458 g/mol. The van der Waals surface area contributed by atoms with Crippen LogP contribution < -0.4 is 21.1 Å². The number of benzene rings is 2. The van der Waals surface area contributed by atoms with Crippen molar-refractivity contribution in [1.29, 1.82) is 0 Å². The summed E-state index contributed by atoms with van der Waals surface area (Å²) in [6.07, 6.45) is 2.37. The molecular formula is C26H30N6O2. The van der Waals surface area contributed by atoms with E-state index in [0.29, 0.717) is 17.3 Å². The number of H-pyrrole nitrogens is 2. The van der Waals surface area contributed by atoms with Gasteiger partial charge in [0.1, 0.15) is 11.4 Å². The number of nitrogens with one attached hydrogen (secondary N) is 4. The molecule has 0 aliphatic carbocycles. The second-order valence-corrected chi connectivity index (χ2v) is 9.23. The van der Waals surface area contributed by atoms with Gasteiger partial charge in [0.05, 0.1) is 35.5 Å². The standard InChI is InChI=1S/C26H30N6O2/c33-26-23(25-29-21-8-7-18(14-22(21)30-25)32-10-12-34-13-11-32)24(19-5-1-2-6-20(19)31-26)28-16-17-4-3-9-27-15-17/h1-2,5-8,14,17,27H,3-4,9-13,15-16H2,(H,29,30)(H2,28,31,33). The molecule has 4 aromatic rings. The van der Waals surface area contributed by atoms with Crippen molar-refractivity contribution in [3.63, 3.8) is 0 Å². The van der Waals surface area contributed by atoms with E-state index < -0.39 is 0 Å². The fourth-order valence-corrected chi connectivity index (χ4v) is 5.13.